The average molecular weight is 159 g/mol. The molecule has 2 N–H and O–H groups in total. The lowest BCUT2D eigenvalue weighted by Gasteiger charge is -2.33. The highest BCUT2D eigenvalue weighted by Gasteiger charge is 2.19. The third-order valence-electron chi connectivity index (χ3n) is 1.85. The van der Waals surface area contributed by atoms with Gasteiger partial charge in [0.05, 0.1) is 19.3 Å². The molecule has 1 unspecified atom stereocenters. The first kappa shape index (κ1) is 8.93. The Bertz CT molecular complexity index is 118. The molecule has 0 amide bonds. The largest absolute Gasteiger partial charge is 0.378 e. The van der Waals surface area contributed by atoms with Crippen LogP contribution in [0.1, 0.15) is 0 Å². The summed E-state index contributed by atoms with van der Waals surface area (Å²) in [6.45, 7) is 3.34. The normalized spacial score (nSPS) is 27.8. The van der Waals surface area contributed by atoms with Crippen molar-refractivity contribution in [3.63, 3.8) is 0 Å². The Morgan fingerprint density at radius 1 is 1.64 bits per heavy atom. The van der Waals surface area contributed by atoms with Crippen molar-refractivity contribution in [1.82, 2.24) is 9.91 Å². The van der Waals surface area contributed by atoms with Crippen LogP contribution in [0.5, 0.6) is 0 Å². The second kappa shape index (κ2) is 4.01. The van der Waals surface area contributed by atoms with E-state index < -0.39 is 0 Å². The standard InChI is InChI=1S/C7H17N3O/c1-9(2)5-7-6-11-4-3-10(7)8/h7H,3-6,8H2,1-2H3. The van der Waals surface area contributed by atoms with Gasteiger partial charge in [0.1, 0.15) is 0 Å². The average Bonchev–Trinajstić information content (AvgIpc) is 1.93. The van der Waals surface area contributed by atoms with Gasteiger partial charge in [-0.3, -0.25) is 5.84 Å². The monoisotopic (exact) mass is 159 g/mol. The van der Waals surface area contributed by atoms with Gasteiger partial charge in [-0.2, -0.15) is 0 Å². The van der Waals surface area contributed by atoms with E-state index in [-0.39, 0.29) is 0 Å². The highest BCUT2D eigenvalue weighted by atomic mass is 16.5. The molecule has 1 rings (SSSR count). The van der Waals surface area contributed by atoms with Gasteiger partial charge >= 0.3 is 0 Å². The van der Waals surface area contributed by atoms with Gasteiger partial charge in [0.25, 0.3) is 0 Å². The van der Waals surface area contributed by atoms with Crippen LogP contribution >= 0.6 is 0 Å². The Balaban J connectivity index is 2.29. The Labute approximate surface area is 67.9 Å². The van der Waals surface area contributed by atoms with E-state index in [9.17, 15) is 0 Å². The molecule has 1 aliphatic heterocycles. The van der Waals surface area contributed by atoms with Crippen LogP contribution in [0.25, 0.3) is 0 Å². The molecule has 1 atom stereocenters. The highest BCUT2D eigenvalue weighted by molar-refractivity contribution is 4.72. The summed E-state index contributed by atoms with van der Waals surface area (Å²) in [5, 5.41) is 1.86. The Kier molecular flexibility index (Phi) is 3.26. The van der Waals surface area contributed by atoms with Gasteiger partial charge in [-0.25, -0.2) is 5.01 Å². The molecule has 4 nitrogen and oxygen atoms in total. The van der Waals surface area contributed by atoms with Crippen molar-refractivity contribution in [3.8, 4) is 0 Å². The molecular weight excluding hydrogens is 142 g/mol. The molecule has 0 aromatic rings. The SMILES string of the molecule is CN(C)CC1COCCN1N. The molecule has 0 aliphatic carbocycles. The number of morpholine rings is 1. The fourth-order valence-corrected chi connectivity index (χ4v) is 1.25. The summed E-state index contributed by atoms with van der Waals surface area (Å²) in [6, 6.07) is 0.360. The molecule has 0 spiro atoms. The molecular formula is C7H17N3O. The van der Waals surface area contributed by atoms with Crippen molar-refractivity contribution in [2.75, 3.05) is 40.4 Å². The fourth-order valence-electron chi connectivity index (χ4n) is 1.25. The molecule has 0 radical (unpaired) electrons. The van der Waals surface area contributed by atoms with Gasteiger partial charge in [-0.1, -0.05) is 0 Å². The highest BCUT2D eigenvalue weighted by Crippen LogP contribution is 2.01. The smallest absolute Gasteiger partial charge is 0.0648 e. The van der Waals surface area contributed by atoms with E-state index in [4.69, 9.17) is 10.6 Å². The summed E-state index contributed by atoms with van der Waals surface area (Å²) in [7, 11) is 4.09. The van der Waals surface area contributed by atoms with Crippen LogP contribution in [0, 0.1) is 0 Å². The van der Waals surface area contributed by atoms with Gasteiger partial charge in [0.2, 0.25) is 0 Å². The maximum Gasteiger partial charge on any atom is 0.0648 e. The number of hydrogen-bond donors (Lipinski definition) is 1. The third-order valence-corrected chi connectivity index (χ3v) is 1.85. The van der Waals surface area contributed by atoms with Gasteiger partial charge in [-0.05, 0) is 14.1 Å². The lowest BCUT2D eigenvalue weighted by molar-refractivity contribution is -0.0159. The lowest BCUT2D eigenvalue weighted by atomic mass is 10.2. The fraction of sp³-hybridized carbons (Fsp3) is 1.00. The van der Waals surface area contributed by atoms with E-state index in [2.05, 4.69) is 4.90 Å². The maximum atomic E-state index is 5.75. The van der Waals surface area contributed by atoms with Crippen LogP contribution in [-0.4, -0.2) is 56.3 Å². The molecule has 0 bridgehead atoms. The Hall–Kier alpha value is -0.160. The van der Waals surface area contributed by atoms with Crippen LogP contribution in [0.2, 0.25) is 0 Å². The summed E-state index contributed by atoms with van der Waals surface area (Å²) in [4.78, 5) is 2.12. The number of nitrogens with zero attached hydrogens (tertiary/aromatic N) is 2. The topological polar surface area (TPSA) is 41.7 Å². The summed E-state index contributed by atoms with van der Waals surface area (Å²) in [5.74, 6) is 5.75. The first-order valence-electron chi connectivity index (χ1n) is 3.94. The second-order valence-electron chi connectivity index (χ2n) is 3.23. The number of rotatable bonds is 2. The number of ether oxygens (including phenoxy) is 1. The summed E-state index contributed by atoms with van der Waals surface area (Å²) in [5.41, 5.74) is 0. The summed E-state index contributed by atoms with van der Waals surface area (Å²) in [6.07, 6.45) is 0. The zero-order valence-corrected chi connectivity index (χ0v) is 7.29. The molecule has 1 saturated heterocycles. The van der Waals surface area contributed by atoms with E-state index in [1.165, 1.54) is 0 Å². The molecule has 4 heteroatoms. The zero-order chi connectivity index (χ0) is 8.27. The molecule has 66 valence electrons. The predicted molar refractivity (Wildman–Crippen MR) is 44.1 cm³/mol. The van der Waals surface area contributed by atoms with E-state index in [0.717, 1.165) is 26.3 Å². The Morgan fingerprint density at radius 2 is 2.36 bits per heavy atom. The first-order chi connectivity index (χ1) is 5.20. The quantitative estimate of drug-likeness (QED) is 0.531. The second-order valence-corrected chi connectivity index (χ2v) is 3.23. The van der Waals surface area contributed by atoms with Crippen LogP contribution in [0.3, 0.4) is 0 Å². The summed E-state index contributed by atoms with van der Waals surface area (Å²) < 4.78 is 5.31. The molecule has 1 aliphatic rings. The van der Waals surface area contributed by atoms with Gasteiger partial charge < -0.3 is 9.64 Å². The lowest BCUT2D eigenvalue weighted by Crippen LogP contribution is -2.53. The van der Waals surface area contributed by atoms with Crippen molar-refractivity contribution >= 4 is 0 Å². The van der Waals surface area contributed by atoms with Gasteiger partial charge in [0.15, 0.2) is 0 Å². The van der Waals surface area contributed by atoms with Gasteiger partial charge in [0, 0.05) is 13.1 Å². The van der Waals surface area contributed by atoms with Crippen molar-refractivity contribution < 1.29 is 4.74 Å². The van der Waals surface area contributed by atoms with Crippen molar-refractivity contribution in [1.29, 1.82) is 0 Å². The minimum absolute atomic E-state index is 0.360. The number of nitrogens with two attached hydrogens (primary N) is 1. The maximum absolute atomic E-state index is 5.75. The first-order valence-corrected chi connectivity index (χ1v) is 3.94. The molecule has 0 aromatic carbocycles. The van der Waals surface area contributed by atoms with E-state index in [0.29, 0.717) is 6.04 Å². The molecule has 1 fully saturated rings. The van der Waals surface area contributed by atoms with Crippen molar-refractivity contribution in [2.45, 2.75) is 6.04 Å². The molecule has 0 aromatic heterocycles. The third kappa shape index (κ3) is 2.75. The number of hydrogen-bond acceptors (Lipinski definition) is 4. The number of likely N-dealkylation sites (N-methyl/N-ethyl adjacent to an activating group) is 1. The van der Waals surface area contributed by atoms with Crippen LogP contribution in [0.15, 0.2) is 0 Å². The van der Waals surface area contributed by atoms with E-state index >= 15 is 0 Å². The molecule has 11 heavy (non-hydrogen) atoms. The molecule has 0 saturated carbocycles. The zero-order valence-electron chi connectivity index (χ0n) is 7.29. The number of hydrazine groups is 1. The van der Waals surface area contributed by atoms with E-state index in [1.807, 2.05) is 19.1 Å². The van der Waals surface area contributed by atoms with Gasteiger partial charge in [-0.15, -0.1) is 0 Å². The predicted octanol–water partition coefficient (Wildman–Crippen LogP) is -0.877. The Morgan fingerprint density at radius 3 is 2.91 bits per heavy atom. The van der Waals surface area contributed by atoms with Crippen LogP contribution in [0.4, 0.5) is 0 Å². The van der Waals surface area contributed by atoms with Crippen molar-refractivity contribution in [3.05, 3.63) is 0 Å². The minimum atomic E-state index is 0.360. The van der Waals surface area contributed by atoms with Crippen LogP contribution in [-0.2, 0) is 4.74 Å². The van der Waals surface area contributed by atoms with Crippen molar-refractivity contribution in [2.24, 2.45) is 5.84 Å². The van der Waals surface area contributed by atoms with E-state index in [1.54, 1.807) is 0 Å². The molecule has 1 heterocycles. The minimum Gasteiger partial charge on any atom is -0.378 e. The summed E-state index contributed by atoms with van der Waals surface area (Å²) >= 11 is 0. The van der Waals surface area contributed by atoms with Crippen LogP contribution < -0.4 is 5.84 Å².